The van der Waals surface area contributed by atoms with E-state index in [0.29, 0.717) is 0 Å². The van der Waals surface area contributed by atoms with E-state index < -0.39 is 9.17 Å². The van der Waals surface area contributed by atoms with Gasteiger partial charge in [0.2, 0.25) is 0 Å². The third kappa shape index (κ3) is 245. The molecular formula is H12K2O9Si. The summed E-state index contributed by atoms with van der Waals surface area (Å²) in [4.78, 5) is 17.0. The molecule has 12 heteroatoms. The Kier molecular flexibility index (Phi) is 488. The van der Waals surface area contributed by atoms with Crippen LogP contribution in [0.5, 0.6) is 0 Å². The zero-order valence-electron chi connectivity index (χ0n) is 6.72. The number of hydrogen-bond acceptors (Lipinski definition) is 3. The first-order valence-corrected chi connectivity index (χ1v) is 1.84. The summed E-state index contributed by atoms with van der Waals surface area (Å²) in [6.45, 7) is 0. The van der Waals surface area contributed by atoms with Crippen molar-refractivity contribution in [3.05, 3.63) is 0 Å². The summed E-state index contributed by atoms with van der Waals surface area (Å²) in [5.41, 5.74) is 0. The van der Waals surface area contributed by atoms with Crippen LogP contribution in [-0.4, -0.2) is 42.0 Å². The second kappa shape index (κ2) is 68.4. The second-order valence-corrected chi connectivity index (χ2v) is 0.750. The van der Waals surface area contributed by atoms with Gasteiger partial charge in [-0.05, 0) is 0 Å². The van der Waals surface area contributed by atoms with Gasteiger partial charge in [-0.1, -0.05) is 0 Å². The Morgan fingerprint density at radius 3 is 0.667 bits per heavy atom. The topological polar surface area (TPSA) is 252 Å². The van der Waals surface area contributed by atoms with E-state index in [1.54, 1.807) is 0 Å². The Balaban J connectivity index is -0.00000000161. The molecule has 9 nitrogen and oxygen atoms in total. The first-order chi connectivity index (χ1) is 1.73. The van der Waals surface area contributed by atoms with Gasteiger partial charge in [0.05, 0.1) is 0 Å². The molecule has 72 valence electrons. The van der Waals surface area contributed by atoms with Gasteiger partial charge in [-0.3, -0.25) is 0 Å². The van der Waals surface area contributed by atoms with E-state index in [4.69, 9.17) is 14.1 Å². The summed E-state index contributed by atoms with van der Waals surface area (Å²) < 4.78 is 8.52. The summed E-state index contributed by atoms with van der Waals surface area (Å²) in [7, 11) is -3.63. The first-order valence-electron chi connectivity index (χ1n) is 0.612. The molecule has 0 saturated heterocycles. The third-order valence-electron chi connectivity index (χ3n) is 0. The summed E-state index contributed by atoms with van der Waals surface area (Å²) in [6.07, 6.45) is 0. The molecule has 0 aromatic carbocycles. The quantitative estimate of drug-likeness (QED) is 0.385. The van der Waals surface area contributed by atoms with Gasteiger partial charge in [-0.2, -0.15) is 0 Å². The van der Waals surface area contributed by atoms with Crippen molar-refractivity contribution in [3.63, 3.8) is 0 Å². The summed E-state index contributed by atoms with van der Waals surface area (Å²) in [5, 5.41) is 0. The van der Waals surface area contributed by atoms with Crippen molar-refractivity contribution >= 4 is 9.17 Å². The molecule has 0 saturated carbocycles. The molecule has 0 aromatic rings. The predicted octanol–water partition coefficient (Wildman–Crippen LogP) is -13.8. The van der Waals surface area contributed by atoms with Gasteiger partial charge >= 0.3 is 103 Å². The van der Waals surface area contributed by atoms with Gasteiger partial charge < -0.3 is 46.9 Å². The average molecular weight is 262 g/mol. The molecule has 12 N–H and O–H groups in total. The molecule has 0 amide bonds. The van der Waals surface area contributed by atoms with Crippen LogP contribution in [0.15, 0.2) is 0 Å². The van der Waals surface area contributed by atoms with Crippen molar-refractivity contribution in [1.29, 1.82) is 0 Å². The van der Waals surface area contributed by atoms with Gasteiger partial charge in [0, 0.05) is 9.17 Å². The molecule has 0 atom stereocenters. The molecular weight excluding hydrogens is 250 g/mol. The molecule has 12 heavy (non-hydrogen) atoms. The van der Waals surface area contributed by atoms with Gasteiger partial charge in [0.1, 0.15) is 0 Å². The number of hydrogen-bond donors (Lipinski definition) is 0. The summed E-state index contributed by atoms with van der Waals surface area (Å²) >= 11 is 0. The van der Waals surface area contributed by atoms with Gasteiger partial charge in [-0.15, -0.1) is 0 Å². The van der Waals surface area contributed by atoms with Crippen molar-refractivity contribution in [2.24, 2.45) is 0 Å². The Bertz CT molecular complexity index is 35.5. The molecule has 0 heterocycles. The van der Waals surface area contributed by atoms with E-state index in [1.807, 2.05) is 0 Å². The molecule has 0 fully saturated rings. The van der Waals surface area contributed by atoms with Crippen LogP contribution in [0.3, 0.4) is 0 Å². The van der Waals surface area contributed by atoms with Crippen LogP contribution in [0.2, 0.25) is 0 Å². The Labute approximate surface area is 155 Å². The maximum absolute atomic E-state index is 8.52. The normalized spacial score (nSPS) is 2.00. The van der Waals surface area contributed by atoms with Crippen LogP contribution >= 0.6 is 0 Å². The van der Waals surface area contributed by atoms with E-state index in [1.165, 1.54) is 0 Å². The minimum Gasteiger partial charge on any atom is -0.672 e. The standard InChI is InChI=1S/2K.O3Si.6H2O/c;;1-4(2)3;;;;;;/h;;;6*1H2/q2*+1;-2;;;;;;. The average Bonchev–Trinajstić information content (AvgIpc) is 0.811. The predicted molar refractivity (Wildman–Crippen MR) is 28.1 cm³/mol. The zero-order valence-corrected chi connectivity index (χ0v) is 14.0. The maximum Gasteiger partial charge on any atom is 1.00 e. The zero-order chi connectivity index (χ0) is 3.58. The van der Waals surface area contributed by atoms with Crippen LogP contribution in [-0.2, 0) is 4.46 Å². The monoisotopic (exact) mass is 262 g/mol. The molecule has 0 unspecified atom stereocenters. The van der Waals surface area contributed by atoms with Crippen molar-refractivity contribution in [2.75, 3.05) is 0 Å². The summed E-state index contributed by atoms with van der Waals surface area (Å²) in [5.74, 6) is 0. The molecule has 0 aliphatic rings. The molecule has 0 aliphatic heterocycles. The molecule has 0 rings (SSSR count). The fraction of sp³-hybridized carbons (Fsp3) is 0. The maximum atomic E-state index is 8.52. The molecule has 0 aliphatic carbocycles. The van der Waals surface area contributed by atoms with Crippen molar-refractivity contribution in [2.45, 2.75) is 0 Å². The van der Waals surface area contributed by atoms with E-state index >= 15 is 0 Å². The molecule has 0 aromatic heterocycles. The Hall–Kier alpha value is 2.65. The number of rotatable bonds is 0. The molecule has 0 radical (unpaired) electrons. The minimum atomic E-state index is -3.63. The van der Waals surface area contributed by atoms with Gasteiger partial charge in [0.15, 0.2) is 0 Å². The second-order valence-electron chi connectivity index (χ2n) is 0.250. The van der Waals surface area contributed by atoms with E-state index in [-0.39, 0.29) is 136 Å². The van der Waals surface area contributed by atoms with E-state index in [9.17, 15) is 0 Å². The first kappa shape index (κ1) is 85.5. The van der Waals surface area contributed by atoms with Gasteiger partial charge in [0.25, 0.3) is 0 Å². The molecule has 0 spiro atoms. The van der Waals surface area contributed by atoms with Crippen LogP contribution in [0.1, 0.15) is 0 Å². The van der Waals surface area contributed by atoms with E-state index in [2.05, 4.69) is 0 Å². The Morgan fingerprint density at radius 2 is 0.667 bits per heavy atom. The SMILES string of the molecule is O.O.O.O.O.O.O=[Si]([O-])[O-].[K+].[K+]. The van der Waals surface area contributed by atoms with Gasteiger partial charge in [-0.25, -0.2) is 0 Å². The van der Waals surface area contributed by atoms with Crippen molar-refractivity contribution < 1.29 is 150 Å². The van der Waals surface area contributed by atoms with Crippen LogP contribution in [0, 0.1) is 0 Å². The third-order valence-corrected chi connectivity index (χ3v) is 0. The summed E-state index contributed by atoms with van der Waals surface area (Å²) in [6, 6.07) is 0. The van der Waals surface area contributed by atoms with Crippen LogP contribution in [0.25, 0.3) is 0 Å². The minimum absolute atomic E-state index is 0. The fourth-order valence-electron chi connectivity index (χ4n) is 0. The van der Waals surface area contributed by atoms with Crippen molar-refractivity contribution in [1.82, 2.24) is 0 Å². The Morgan fingerprint density at radius 1 is 0.667 bits per heavy atom. The fourth-order valence-corrected chi connectivity index (χ4v) is 0. The smallest absolute Gasteiger partial charge is 0.672 e. The largest absolute Gasteiger partial charge is 1.00 e. The van der Waals surface area contributed by atoms with E-state index in [0.717, 1.165) is 0 Å². The van der Waals surface area contributed by atoms with Crippen LogP contribution < -0.4 is 112 Å². The van der Waals surface area contributed by atoms with Crippen molar-refractivity contribution in [3.8, 4) is 0 Å². The van der Waals surface area contributed by atoms with Crippen LogP contribution in [0.4, 0.5) is 0 Å². The molecule has 0 bridgehead atoms.